The topological polar surface area (TPSA) is 9.23 Å². The predicted molar refractivity (Wildman–Crippen MR) is 113 cm³/mol. The second-order valence-corrected chi connectivity index (χ2v) is 7.41. The van der Waals surface area contributed by atoms with Gasteiger partial charge >= 0.3 is 0 Å². The summed E-state index contributed by atoms with van der Waals surface area (Å²) in [6.45, 7) is 2.08. The number of ether oxygens (including phenoxy) is 1. The zero-order valence-corrected chi connectivity index (χ0v) is 16.7. The molecule has 0 aromatic heterocycles. The molecule has 0 aliphatic heterocycles. The van der Waals surface area contributed by atoms with Crippen molar-refractivity contribution in [2.75, 3.05) is 7.11 Å². The number of hydrogen-bond donors (Lipinski definition) is 0. The normalized spacial score (nSPS) is 17.2. The SMILES string of the molecule is CC=CCCC1CC=C(c2ccc(-c3ccc(OC)c(Cl)c3F)cc2)CC1. The van der Waals surface area contributed by atoms with Gasteiger partial charge in [0.25, 0.3) is 0 Å². The average molecular weight is 385 g/mol. The molecule has 2 aromatic carbocycles. The van der Waals surface area contributed by atoms with Crippen molar-refractivity contribution in [3.05, 3.63) is 71.0 Å². The Bertz CT molecular complexity index is 836. The highest BCUT2D eigenvalue weighted by Crippen LogP contribution is 2.36. The molecule has 1 atom stereocenters. The smallest absolute Gasteiger partial charge is 0.153 e. The number of hydrogen-bond acceptors (Lipinski definition) is 1. The van der Waals surface area contributed by atoms with Crippen LogP contribution in [0.15, 0.2) is 54.6 Å². The molecule has 0 amide bonds. The number of methoxy groups -OCH3 is 1. The summed E-state index contributed by atoms with van der Waals surface area (Å²) in [5, 5.41) is 0.0259. The van der Waals surface area contributed by atoms with Gasteiger partial charge in [-0.2, -0.15) is 0 Å². The fourth-order valence-electron chi connectivity index (χ4n) is 3.69. The van der Waals surface area contributed by atoms with Gasteiger partial charge in [-0.1, -0.05) is 54.1 Å². The van der Waals surface area contributed by atoms with E-state index in [-0.39, 0.29) is 5.02 Å². The molecule has 0 saturated heterocycles. The van der Waals surface area contributed by atoms with Crippen LogP contribution in [0, 0.1) is 11.7 Å². The van der Waals surface area contributed by atoms with Crippen molar-refractivity contribution in [3.63, 3.8) is 0 Å². The standard InChI is InChI=1S/C24H26ClFO/c1-3-4-5-6-17-7-9-18(10-8-17)19-11-13-20(14-12-19)21-15-16-22(27-2)23(25)24(21)26/h3-4,9,11-17H,5-8,10H2,1-2H3. The molecule has 0 radical (unpaired) electrons. The maximum absolute atomic E-state index is 14.5. The largest absolute Gasteiger partial charge is 0.495 e. The van der Waals surface area contributed by atoms with Crippen LogP contribution in [0.3, 0.4) is 0 Å². The maximum atomic E-state index is 14.5. The van der Waals surface area contributed by atoms with Crippen molar-refractivity contribution in [1.82, 2.24) is 0 Å². The highest BCUT2D eigenvalue weighted by Gasteiger charge is 2.16. The lowest BCUT2D eigenvalue weighted by atomic mass is 9.84. The van der Waals surface area contributed by atoms with Gasteiger partial charge in [0.2, 0.25) is 0 Å². The van der Waals surface area contributed by atoms with Crippen LogP contribution in [0.4, 0.5) is 4.39 Å². The fourth-order valence-corrected chi connectivity index (χ4v) is 3.93. The van der Waals surface area contributed by atoms with E-state index in [1.807, 2.05) is 12.1 Å². The molecular weight excluding hydrogens is 359 g/mol. The lowest BCUT2D eigenvalue weighted by molar-refractivity contribution is 0.412. The average Bonchev–Trinajstić information content (AvgIpc) is 2.71. The Labute approximate surface area is 166 Å². The molecule has 1 unspecified atom stereocenters. The van der Waals surface area contributed by atoms with Crippen molar-refractivity contribution in [2.45, 2.75) is 39.0 Å². The van der Waals surface area contributed by atoms with Gasteiger partial charge in [0.05, 0.1) is 7.11 Å². The molecule has 0 bridgehead atoms. The van der Waals surface area contributed by atoms with Crippen LogP contribution >= 0.6 is 11.6 Å². The van der Waals surface area contributed by atoms with E-state index in [2.05, 4.69) is 37.3 Å². The molecule has 27 heavy (non-hydrogen) atoms. The van der Waals surface area contributed by atoms with Crippen LogP contribution in [-0.2, 0) is 0 Å². The van der Waals surface area contributed by atoms with Crippen molar-refractivity contribution < 1.29 is 9.13 Å². The lowest BCUT2D eigenvalue weighted by Gasteiger charge is -2.22. The van der Waals surface area contributed by atoms with E-state index >= 15 is 0 Å². The zero-order chi connectivity index (χ0) is 19.2. The summed E-state index contributed by atoms with van der Waals surface area (Å²) < 4.78 is 19.6. The van der Waals surface area contributed by atoms with Crippen LogP contribution in [0.2, 0.25) is 5.02 Å². The zero-order valence-electron chi connectivity index (χ0n) is 16.0. The summed E-state index contributed by atoms with van der Waals surface area (Å²) in [6, 6.07) is 11.5. The third-order valence-corrected chi connectivity index (χ3v) is 5.68. The summed E-state index contributed by atoms with van der Waals surface area (Å²) in [5.74, 6) is 0.704. The summed E-state index contributed by atoms with van der Waals surface area (Å²) in [7, 11) is 1.48. The van der Waals surface area contributed by atoms with E-state index in [9.17, 15) is 4.39 Å². The molecule has 0 N–H and O–H groups in total. The van der Waals surface area contributed by atoms with Crippen molar-refractivity contribution in [2.24, 2.45) is 5.92 Å². The van der Waals surface area contributed by atoms with Gasteiger partial charge in [0.15, 0.2) is 5.82 Å². The Morgan fingerprint density at radius 3 is 2.52 bits per heavy atom. The molecule has 0 fully saturated rings. The highest BCUT2D eigenvalue weighted by atomic mass is 35.5. The van der Waals surface area contributed by atoms with Crippen LogP contribution in [0.25, 0.3) is 16.7 Å². The third kappa shape index (κ3) is 4.62. The van der Waals surface area contributed by atoms with Crippen molar-refractivity contribution in [3.8, 4) is 16.9 Å². The Kier molecular flexibility index (Phi) is 6.73. The van der Waals surface area contributed by atoms with E-state index in [1.165, 1.54) is 37.5 Å². The molecular formula is C24H26ClFO. The van der Waals surface area contributed by atoms with Gasteiger partial charge < -0.3 is 4.74 Å². The van der Waals surface area contributed by atoms with Crippen LogP contribution in [-0.4, -0.2) is 7.11 Å². The molecule has 0 heterocycles. The minimum Gasteiger partial charge on any atom is -0.495 e. The molecule has 1 aliphatic carbocycles. The van der Waals surface area contributed by atoms with E-state index in [0.29, 0.717) is 11.3 Å². The number of halogens is 2. The molecule has 0 spiro atoms. The van der Waals surface area contributed by atoms with Gasteiger partial charge in [-0.3, -0.25) is 0 Å². The van der Waals surface area contributed by atoms with E-state index < -0.39 is 5.82 Å². The van der Waals surface area contributed by atoms with E-state index in [1.54, 1.807) is 12.1 Å². The first-order chi connectivity index (χ1) is 13.1. The third-order valence-electron chi connectivity index (χ3n) is 5.33. The van der Waals surface area contributed by atoms with Crippen LogP contribution < -0.4 is 4.74 Å². The first-order valence-corrected chi connectivity index (χ1v) is 9.94. The van der Waals surface area contributed by atoms with Gasteiger partial charge in [-0.15, -0.1) is 0 Å². The quantitative estimate of drug-likeness (QED) is 0.463. The monoisotopic (exact) mass is 384 g/mol. The van der Waals surface area contributed by atoms with Crippen molar-refractivity contribution in [1.29, 1.82) is 0 Å². The summed E-state index contributed by atoms with van der Waals surface area (Å²) in [5.41, 5.74) is 3.94. The van der Waals surface area contributed by atoms with Gasteiger partial charge in [0, 0.05) is 5.56 Å². The first-order valence-electron chi connectivity index (χ1n) is 9.57. The summed E-state index contributed by atoms with van der Waals surface area (Å²) >= 11 is 6.05. The predicted octanol–water partition coefficient (Wildman–Crippen LogP) is 7.69. The first kappa shape index (κ1) is 19.7. The van der Waals surface area contributed by atoms with E-state index in [4.69, 9.17) is 16.3 Å². The number of benzene rings is 2. The van der Waals surface area contributed by atoms with Crippen molar-refractivity contribution >= 4 is 17.2 Å². The number of allylic oxidation sites excluding steroid dienone is 4. The second kappa shape index (κ2) is 9.23. The van der Waals surface area contributed by atoms with Gasteiger partial charge in [-0.25, -0.2) is 4.39 Å². The molecule has 3 rings (SSSR count). The summed E-state index contributed by atoms with van der Waals surface area (Å²) in [4.78, 5) is 0. The summed E-state index contributed by atoms with van der Waals surface area (Å²) in [6.07, 6.45) is 12.7. The molecule has 1 aliphatic rings. The molecule has 2 aromatic rings. The highest BCUT2D eigenvalue weighted by molar-refractivity contribution is 6.32. The molecule has 1 nitrogen and oxygen atoms in total. The van der Waals surface area contributed by atoms with Crippen LogP contribution in [0.5, 0.6) is 5.75 Å². The number of rotatable bonds is 6. The van der Waals surface area contributed by atoms with Crippen LogP contribution in [0.1, 0.15) is 44.6 Å². The fraction of sp³-hybridized carbons (Fsp3) is 0.333. The Morgan fingerprint density at radius 1 is 1.15 bits per heavy atom. The second-order valence-electron chi connectivity index (χ2n) is 7.04. The van der Waals surface area contributed by atoms with Gasteiger partial charge in [-0.05, 0) is 73.8 Å². The minimum absolute atomic E-state index is 0.0259. The molecule has 142 valence electrons. The minimum atomic E-state index is -0.440. The molecule has 0 saturated carbocycles. The maximum Gasteiger partial charge on any atom is 0.153 e. The Balaban J connectivity index is 1.72. The Hall–Kier alpha value is -2.06. The van der Waals surface area contributed by atoms with E-state index in [0.717, 1.165) is 24.3 Å². The molecule has 3 heteroatoms. The van der Waals surface area contributed by atoms with Gasteiger partial charge in [0.1, 0.15) is 10.8 Å². The Morgan fingerprint density at radius 2 is 1.89 bits per heavy atom. The lowest BCUT2D eigenvalue weighted by Crippen LogP contribution is -2.05.